The van der Waals surface area contributed by atoms with Crippen molar-refractivity contribution in [2.45, 2.75) is 12.8 Å². The third kappa shape index (κ3) is 1.82. The van der Waals surface area contributed by atoms with Gasteiger partial charge >= 0.3 is 0 Å². The Morgan fingerprint density at radius 2 is 2.17 bits per heavy atom. The highest BCUT2D eigenvalue weighted by molar-refractivity contribution is 7.19. The molecule has 0 unspecified atom stereocenters. The highest BCUT2D eigenvalue weighted by Crippen LogP contribution is 2.40. The Bertz CT molecular complexity index is 592. The number of nitrogens with zero attached hydrogens (tertiary/aromatic N) is 1. The van der Waals surface area contributed by atoms with Crippen LogP contribution in [0.15, 0.2) is 23.4 Å². The summed E-state index contributed by atoms with van der Waals surface area (Å²) >= 11 is 1.23. The van der Waals surface area contributed by atoms with Gasteiger partial charge < -0.3 is 9.47 Å². The van der Waals surface area contributed by atoms with Crippen molar-refractivity contribution in [1.29, 1.82) is 0 Å². The lowest BCUT2D eigenvalue weighted by atomic mass is 10.1. The molecular weight excluding hydrogens is 257 g/mol. The molecule has 6 heteroatoms. The van der Waals surface area contributed by atoms with Crippen molar-refractivity contribution < 1.29 is 13.9 Å². The summed E-state index contributed by atoms with van der Waals surface area (Å²) in [6.07, 6.45) is -0.516. The molecule has 1 aliphatic rings. The van der Waals surface area contributed by atoms with Gasteiger partial charge in [-0.3, -0.25) is 0 Å². The first-order valence-corrected chi connectivity index (χ1v) is 6.35. The van der Waals surface area contributed by atoms with Gasteiger partial charge in [0.25, 0.3) is 0 Å². The van der Waals surface area contributed by atoms with E-state index in [1.54, 1.807) is 6.07 Å². The number of ether oxygens (including phenoxy) is 2. The van der Waals surface area contributed by atoms with E-state index in [0.29, 0.717) is 22.8 Å². The number of rotatable bonds is 3. The van der Waals surface area contributed by atoms with Crippen LogP contribution in [0.2, 0.25) is 0 Å². The fraction of sp³-hybridized carbons (Fsp3) is 0.333. The molecule has 0 radical (unpaired) electrons. The van der Waals surface area contributed by atoms with Crippen molar-refractivity contribution in [3.8, 4) is 0 Å². The lowest BCUT2D eigenvalue weighted by Gasteiger charge is -2.09. The van der Waals surface area contributed by atoms with Crippen LogP contribution in [0, 0.1) is 10.7 Å². The van der Waals surface area contributed by atoms with Crippen molar-refractivity contribution in [2.24, 2.45) is 5.18 Å². The minimum atomic E-state index is -0.516. The standard InChI is InChI=1S/C12H10FNO3S/c13-8-3-1-2-7-10(12-16-4-5-17-12)9(6-14-15)18-11(7)8/h1-3,12H,4-6H2. The third-order valence-corrected chi connectivity index (χ3v) is 4.06. The summed E-state index contributed by atoms with van der Waals surface area (Å²) in [4.78, 5) is 11.2. The first-order valence-electron chi connectivity index (χ1n) is 5.53. The van der Waals surface area contributed by atoms with Gasteiger partial charge in [0.05, 0.1) is 17.9 Å². The number of fused-ring (bicyclic) bond motifs is 1. The molecule has 3 rings (SSSR count). The molecule has 0 aliphatic carbocycles. The van der Waals surface area contributed by atoms with Crippen molar-refractivity contribution in [3.63, 3.8) is 0 Å². The van der Waals surface area contributed by atoms with Gasteiger partial charge in [-0.2, -0.15) is 4.91 Å². The molecule has 18 heavy (non-hydrogen) atoms. The van der Waals surface area contributed by atoms with Gasteiger partial charge in [-0.25, -0.2) is 4.39 Å². The summed E-state index contributed by atoms with van der Waals surface area (Å²) in [5.74, 6) is -0.297. The lowest BCUT2D eigenvalue weighted by Crippen LogP contribution is -2.00. The Kier molecular flexibility index (Phi) is 3.07. The summed E-state index contributed by atoms with van der Waals surface area (Å²) < 4.78 is 25.1. The molecule has 1 fully saturated rings. The van der Waals surface area contributed by atoms with Crippen LogP contribution in [0.4, 0.5) is 4.39 Å². The molecule has 1 saturated heterocycles. The number of thiophene rings is 1. The van der Waals surface area contributed by atoms with E-state index in [2.05, 4.69) is 5.18 Å². The van der Waals surface area contributed by atoms with E-state index in [-0.39, 0.29) is 12.4 Å². The maximum absolute atomic E-state index is 13.7. The van der Waals surface area contributed by atoms with Gasteiger partial charge in [-0.15, -0.1) is 11.3 Å². The fourth-order valence-electron chi connectivity index (χ4n) is 2.11. The number of halogens is 1. The first kappa shape index (κ1) is 11.7. The highest BCUT2D eigenvalue weighted by Gasteiger charge is 2.26. The zero-order valence-corrected chi connectivity index (χ0v) is 10.2. The second-order valence-corrected chi connectivity index (χ2v) is 5.02. The first-order chi connectivity index (χ1) is 8.81. The van der Waals surface area contributed by atoms with Crippen LogP contribution >= 0.6 is 11.3 Å². The zero-order chi connectivity index (χ0) is 12.5. The van der Waals surface area contributed by atoms with Gasteiger partial charge in [0.2, 0.25) is 0 Å². The number of benzene rings is 1. The van der Waals surface area contributed by atoms with Gasteiger partial charge in [0.1, 0.15) is 12.4 Å². The van der Waals surface area contributed by atoms with Crippen LogP contribution in [-0.2, 0) is 16.0 Å². The molecular formula is C12H10FNO3S. The Labute approximate surface area is 106 Å². The van der Waals surface area contributed by atoms with Crippen LogP contribution in [0.25, 0.3) is 10.1 Å². The highest BCUT2D eigenvalue weighted by atomic mass is 32.1. The molecule has 0 bridgehead atoms. The van der Waals surface area contributed by atoms with Crippen molar-refractivity contribution >= 4 is 21.4 Å². The topological polar surface area (TPSA) is 47.9 Å². The Hall–Kier alpha value is -1.37. The van der Waals surface area contributed by atoms with Gasteiger partial charge in [0, 0.05) is 15.8 Å². The van der Waals surface area contributed by atoms with Gasteiger partial charge in [0.15, 0.2) is 6.29 Å². The predicted molar refractivity (Wildman–Crippen MR) is 65.9 cm³/mol. The number of hydrogen-bond acceptors (Lipinski definition) is 5. The molecule has 1 aromatic carbocycles. The predicted octanol–water partition coefficient (Wildman–Crippen LogP) is 3.35. The van der Waals surface area contributed by atoms with E-state index in [9.17, 15) is 9.30 Å². The van der Waals surface area contributed by atoms with Gasteiger partial charge in [-0.05, 0) is 6.07 Å². The zero-order valence-electron chi connectivity index (χ0n) is 9.39. The quantitative estimate of drug-likeness (QED) is 0.801. The van der Waals surface area contributed by atoms with Crippen LogP contribution in [0.1, 0.15) is 16.7 Å². The molecule has 0 saturated carbocycles. The molecule has 0 spiro atoms. The van der Waals surface area contributed by atoms with E-state index in [0.717, 1.165) is 10.9 Å². The average Bonchev–Trinajstić information content (AvgIpc) is 2.96. The van der Waals surface area contributed by atoms with Crippen molar-refractivity contribution in [1.82, 2.24) is 0 Å². The van der Waals surface area contributed by atoms with E-state index < -0.39 is 6.29 Å². The maximum Gasteiger partial charge on any atom is 0.185 e. The Morgan fingerprint density at radius 1 is 1.39 bits per heavy atom. The number of nitroso groups, excluding NO2 is 1. The number of hydrogen-bond donors (Lipinski definition) is 0. The van der Waals surface area contributed by atoms with Crippen LogP contribution in [0.5, 0.6) is 0 Å². The van der Waals surface area contributed by atoms with E-state index in [1.165, 1.54) is 17.4 Å². The van der Waals surface area contributed by atoms with Crippen LogP contribution in [0.3, 0.4) is 0 Å². The van der Waals surface area contributed by atoms with Crippen LogP contribution < -0.4 is 0 Å². The molecule has 4 nitrogen and oxygen atoms in total. The second-order valence-electron chi connectivity index (χ2n) is 3.92. The molecule has 2 aromatic rings. The van der Waals surface area contributed by atoms with E-state index in [4.69, 9.17) is 9.47 Å². The Balaban J connectivity index is 2.21. The largest absolute Gasteiger partial charge is 0.346 e. The van der Waals surface area contributed by atoms with E-state index >= 15 is 0 Å². The minimum absolute atomic E-state index is 0.0112. The average molecular weight is 267 g/mol. The summed E-state index contributed by atoms with van der Waals surface area (Å²) in [6, 6.07) is 4.85. The monoisotopic (exact) mass is 267 g/mol. The SMILES string of the molecule is O=NCc1sc2c(F)cccc2c1C1OCCO1. The molecule has 0 atom stereocenters. The van der Waals surface area contributed by atoms with E-state index in [1.807, 2.05) is 6.07 Å². The maximum atomic E-state index is 13.7. The summed E-state index contributed by atoms with van der Waals surface area (Å²) in [6.45, 7) is 1.02. The lowest BCUT2D eigenvalue weighted by molar-refractivity contribution is -0.0432. The molecule has 0 N–H and O–H groups in total. The molecule has 1 aromatic heterocycles. The Morgan fingerprint density at radius 3 is 2.89 bits per heavy atom. The second kappa shape index (κ2) is 4.72. The summed E-state index contributed by atoms with van der Waals surface area (Å²) in [7, 11) is 0. The molecule has 0 amide bonds. The molecule has 1 aliphatic heterocycles. The van der Waals surface area contributed by atoms with Crippen LogP contribution in [-0.4, -0.2) is 13.2 Å². The van der Waals surface area contributed by atoms with Crippen molar-refractivity contribution in [3.05, 3.63) is 39.4 Å². The molecule has 2 heterocycles. The third-order valence-electron chi connectivity index (χ3n) is 2.85. The smallest absolute Gasteiger partial charge is 0.185 e. The minimum Gasteiger partial charge on any atom is -0.346 e. The normalized spacial score (nSPS) is 16.5. The fourth-order valence-corrected chi connectivity index (χ4v) is 3.25. The van der Waals surface area contributed by atoms with Crippen molar-refractivity contribution in [2.75, 3.05) is 13.2 Å². The van der Waals surface area contributed by atoms with Gasteiger partial charge in [-0.1, -0.05) is 17.3 Å². The molecule has 94 valence electrons. The summed E-state index contributed by atoms with van der Waals surface area (Å²) in [5.41, 5.74) is 0.742. The summed E-state index contributed by atoms with van der Waals surface area (Å²) in [5, 5.41) is 3.63.